The molecule has 28 heavy (non-hydrogen) atoms. The average Bonchev–Trinajstić information content (AvgIpc) is 2.72. The van der Waals surface area contributed by atoms with Crippen molar-refractivity contribution in [1.82, 2.24) is 5.43 Å². The van der Waals surface area contributed by atoms with Crippen LogP contribution in [-0.2, 0) is 28.9 Å². The highest BCUT2D eigenvalue weighted by atomic mass is 16.2. The Labute approximate surface area is 166 Å². The third-order valence-electron chi connectivity index (χ3n) is 4.94. The van der Waals surface area contributed by atoms with E-state index in [1.165, 1.54) is 17.5 Å². The number of hydrogen-bond acceptors (Lipinski definition) is 3. The second-order valence-electron chi connectivity index (χ2n) is 7.24. The number of hydrogen-bond donors (Lipinski definition) is 2. The van der Waals surface area contributed by atoms with E-state index in [0.717, 1.165) is 30.5 Å². The van der Waals surface area contributed by atoms with E-state index in [1.807, 2.05) is 42.5 Å². The lowest BCUT2D eigenvalue weighted by Gasteiger charge is -2.19. The fraction of sp³-hybridized carbons (Fsp3) is 0.348. The fourth-order valence-corrected chi connectivity index (χ4v) is 3.48. The Morgan fingerprint density at radius 2 is 1.75 bits per heavy atom. The first-order valence-corrected chi connectivity index (χ1v) is 9.88. The van der Waals surface area contributed by atoms with Crippen LogP contribution in [0.1, 0.15) is 49.3 Å². The predicted molar refractivity (Wildman–Crippen MR) is 112 cm³/mol. The molecule has 5 nitrogen and oxygen atoms in total. The average molecular weight is 377 g/mol. The summed E-state index contributed by atoms with van der Waals surface area (Å²) in [5.74, 6) is -0.264. The van der Waals surface area contributed by atoms with Gasteiger partial charge >= 0.3 is 0 Å². The number of aryl methyl sites for hydroxylation is 2. The Balaban J connectivity index is 1.47. The lowest BCUT2D eigenvalue weighted by Crippen LogP contribution is -2.22. The third-order valence-corrected chi connectivity index (χ3v) is 4.94. The zero-order valence-electron chi connectivity index (χ0n) is 16.3. The molecule has 0 saturated heterocycles. The molecular weight excluding hydrogens is 350 g/mol. The van der Waals surface area contributed by atoms with Crippen molar-refractivity contribution in [3.63, 3.8) is 0 Å². The Hall–Kier alpha value is -2.95. The maximum atomic E-state index is 12.4. The summed E-state index contributed by atoms with van der Waals surface area (Å²) in [4.78, 5) is 24.3. The highest BCUT2D eigenvalue weighted by molar-refractivity contribution is 6.06. The minimum Gasteiger partial charge on any atom is -0.325 e. The van der Waals surface area contributed by atoms with Gasteiger partial charge < -0.3 is 5.32 Å². The summed E-state index contributed by atoms with van der Waals surface area (Å²) in [5, 5.41) is 7.06. The Morgan fingerprint density at radius 3 is 2.57 bits per heavy atom. The molecule has 1 aliphatic carbocycles. The van der Waals surface area contributed by atoms with Gasteiger partial charge in [0.05, 0.1) is 6.42 Å². The van der Waals surface area contributed by atoms with E-state index in [2.05, 4.69) is 21.9 Å². The monoisotopic (exact) mass is 377 g/mol. The number of amides is 2. The van der Waals surface area contributed by atoms with E-state index in [4.69, 9.17) is 0 Å². The van der Waals surface area contributed by atoms with Gasteiger partial charge in [0, 0.05) is 17.8 Å². The number of benzene rings is 2. The largest absolute Gasteiger partial charge is 0.325 e. The summed E-state index contributed by atoms with van der Waals surface area (Å²) in [6.07, 6.45) is 5.65. The molecule has 0 aromatic heterocycles. The summed E-state index contributed by atoms with van der Waals surface area (Å²) in [6.45, 7) is 1.75. The molecule has 0 aliphatic heterocycles. The SMILES string of the molecule is C/C(CC(=O)Nc1cccc2c1CCCC2)=N\NC(=O)CCc1ccccc1. The molecule has 2 N–H and O–H groups in total. The molecule has 0 spiro atoms. The van der Waals surface area contributed by atoms with E-state index in [0.29, 0.717) is 18.6 Å². The van der Waals surface area contributed by atoms with Gasteiger partial charge in [0.2, 0.25) is 11.8 Å². The fourth-order valence-electron chi connectivity index (χ4n) is 3.48. The number of rotatable bonds is 7. The number of carbonyl (C=O) groups excluding carboxylic acids is 2. The molecule has 3 rings (SSSR count). The molecule has 146 valence electrons. The first-order valence-electron chi connectivity index (χ1n) is 9.88. The first-order chi connectivity index (χ1) is 13.6. The van der Waals surface area contributed by atoms with Gasteiger partial charge in [-0.3, -0.25) is 9.59 Å². The van der Waals surface area contributed by atoms with Crippen molar-refractivity contribution < 1.29 is 9.59 Å². The molecule has 1 aliphatic rings. The van der Waals surface area contributed by atoms with Crippen LogP contribution in [0.15, 0.2) is 53.6 Å². The second-order valence-corrected chi connectivity index (χ2v) is 7.24. The second kappa shape index (κ2) is 9.83. The standard InChI is InChI=1S/C23H27N3O2/c1-17(25-26-22(27)15-14-18-8-3-2-4-9-18)16-23(28)24-21-13-7-11-19-10-5-6-12-20(19)21/h2-4,7-9,11,13H,5-6,10,12,14-16H2,1H3,(H,24,28)(H,26,27)/b25-17+. The maximum absolute atomic E-state index is 12.4. The van der Waals surface area contributed by atoms with Crippen molar-refractivity contribution in [2.75, 3.05) is 5.32 Å². The Morgan fingerprint density at radius 1 is 0.964 bits per heavy atom. The lowest BCUT2D eigenvalue weighted by molar-refractivity contribution is -0.121. The third kappa shape index (κ3) is 5.78. The zero-order chi connectivity index (χ0) is 19.8. The highest BCUT2D eigenvalue weighted by Crippen LogP contribution is 2.27. The van der Waals surface area contributed by atoms with Crippen LogP contribution >= 0.6 is 0 Å². The minimum atomic E-state index is -0.152. The zero-order valence-corrected chi connectivity index (χ0v) is 16.3. The van der Waals surface area contributed by atoms with E-state index in [9.17, 15) is 9.59 Å². The Kier molecular flexibility index (Phi) is 6.95. The van der Waals surface area contributed by atoms with Crippen LogP contribution < -0.4 is 10.7 Å². The van der Waals surface area contributed by atoms with Crippen LogP contribution in [0.25, 0.3) is 0 Å². The lowest BCUT2D eigenvalue weighted by atomic mass is 9.90. The van der Waals surface area contributed by atoms with Gasteiger partial charge in [-0.1, -0.05) is 42.5 Å². The summed E-state index contributed by atoms with van der Waals surface area (Å²) < 4.78 is 0. The number of nitrogens with one attached hydrogen (secondary N) is 2. The van der Waals surface area contributed by atoms with Crippen molar-refractivity contribution >= 4 is 23.2 Å². The van der Waals surface area contributed by atoms with Crippen LogP contribution in [0, 0.1) is 0 Å². The van der Waals surface area contributed by atoms with Crippen LogP contribution in [0.4, 0.5) is 5.69 Å². The molecule has 2 aromatic carbocycles. The van der Waals surface area contributed by atoms with Gasteiger partial charge in [0.1, 0.15) is 0 Å². The van der Waals surface area contributed by atoms with Gasteiger partial charge in [-0.2, -0.15) is 5.10 Å². The van der Waals surface area contributed by atoms with Gasteiger partial charge in [-0.15, -0.1) is 0 Å². The molecule has 0 saturated carbocycles. The molecule has 2 amide bonds. The molecule has 0 fully saturated rings. The molecule has 0 atom stereocenters. The van der Waals surface area contributed by atoms with Crippen molar-refractivity contribution in [3.05, 3.63) is 65.2 Å². The van der Waals surface area contributed by atoms with E-state index in [1.54, 1.807) is 6.92 Å². The maximum Gasteiger partial charge on any atom is 0.240 e. The van der Waals surface area contributed by atoms with Crippen molar-refractivity contribution in [1.29, 1.82) is 0 Å². The molecule has 0 heterocycles. The van der Waals surface area contributed by atoms with Crippen LogP contribution in [-0.4, -0.2) is 17.5 Å². The molecule has 2 aromatic rings. The Bertz CT molecular complexity index is 859. The van der Waals surface area contributed by atoms with Gasteiger partial charge in [-0.25, -0.2) is 5.43 Å². The summed E-state index contributed by atoms with van der Waals surface area (Å²) in [7, 11) is 0. The smallest absolute Gasteiger partial charge is 0.240 e. The van der Waals surface area contributed by atoms with Gasteiger partial charge in [-0.05, 0) is 61.8 Å². The normalized spacial score (nSPS) is 13.5. The van der Waals surface area contributed by atoms with Crippen LogP contribution in [0.3, 0.4) is 0 Å². The number of fused-ring (bicyclic) bond motifs is 1. The van der Waals surface area contributed by atoms with E-state index in [-0.39, 0.29) is 18.2 Å². The number of nitrogens with zero attached hydrogens (tertiary/aromatic N) is 1. The van der Waals surface area contributed by atoms with Crippen LogP contribution in [0.5, 0.6) is 0 Å². The molecular formula is C23H27N3O2. The highest BCUT2D eigenvalue weighted by Gasteiger charge is 2.14. The van der Waals surface area contributed by atoms with Gasteiger partial charge in [0.15, 0.2) is 0 Å². The minimum absolute atomic E-state index is 0.112. The molecule has 0 unspecified atom stereocenters. The number of hydrazone groups is 1. The van der Waals surface area contributed by atoms with Crippen LogP contribution in [0.2, 0.25) is 0 Å². The molecule has 0 bridgehead atoms. The van der Waals surface area contributed by atoms with Crippen molar-refractivity contribution in [2.45, 2.75) is 51.9 Å². The van der Waals surface area contributed by atoms with E-state index >= 15 is 0 Å². The molecule has 5 heteroatoms. The summed E-state index contributed by atoms with van der Waals surface area (Å²) >= 11 is 0. The van der Waals surface area contributed by atoms with Crippen molar-refractivity contribution in [2.24, 2.45) is 5.10 Å². The first kappa shape index (κ1) is 19.8. The quantitative estimate of drug-likeness (QED) is 0.565. The molecule has 0 radical (unpaired) electrons. The van der Waals surface area contributed by atoms with Crippen molar-refractivity contribution in [3.8, 4) is 0 Å². The summed E-state index contributed by atoms with van der Waals surface area (Å²) in [6, 6.07) is 15.9. The topological polar surface area (TPSA) is 70.6 Å². The van der Waals surface area contributed by atoms with Gasteiger partial charge in [0.25, 0.3) is 0 Å². The van der Waals surface area contributed by atoms with E-state index < -0.39 is 0 Å². The predicted octanol–water partition coefficient (Wildman–Crippen LogP) is 4.02. The number of carbonyl (C=O) groups is 2. The summed E-state index contributed by atoms with van der Waals surface area (Å²) in [5.41, 5.74) is 7.73. The number of anilines is 1.